The molecule has 5 nitrogen and oxygen atoms in total. The minimum atomic E-state index is -0.243. The van der Waals surface area contributed by atoms with Gasteiger partial charge in [-0.25, -0.2) is 0 Å². The molecule has 21 heavy (non-hydrogen) atoms. The van der Waals surface area contributed by atoms with Crippen LogP contribution in [0.4, 0.5) is 11.4 Å². The maximum absolute atomic E-state index is 12.3. The zero-order valence-corrected chi connectivity index (χ0v) is 12.9. The molecule has 0 saturated carbocycles. The Bertz CT molecular complexity index is 731. The second kappa shape index (κ2) is 5.29. The molecule has 0 radical (unpaired) electrons. The lowest BCUT2D eigenvalue weighted by atomic mass is 10.1. The van der Waals surface area contributed by atoms with Crippen molar-refractivity contribution in [2.75, 3.05) is 17.8 Å². The molecule has 1 amide bonds. The number of aryl methyl sites for hydroxylation is 1. The summed E-state index contributed by atoms with van der Waals surface area (Å²) in [5.41, 5.74) is 8.45. The van der Waals surface area contributed by atoms with Crippen molar-refractivity contribution in [3.8, 4) is 11.5 Å². The minimum absolute atomic E-state index is 0.162. The first-order valence-corrected chi connectivity index (χ1v) is 7.10. The third kappa shape index (κ3) is 2.67. The molecule has 0 unspecified atom stereocenters. The number of hydrogen-bond acceptors (Lipinski definition) is 4. The predicted octanol–water partition coefficient (Wildman–Crippen LogP) is 3.32. The summed E-state index contributed by atoms with van der Waals surface area (Å²) in [5.74, 6) is 0.914. The largest absolute Gasteiger partial charge is 0.454 e. The zero-order chi connectivity index (χ0) is 15.0. The van der Waals surface area contributed by atoms with Gasteiger partial charge in [-0.1, -0.05) is 6.07 Å². The number of nitrogen functional groups attached to an aromatic ring is 1. The summed E-state index contributed by atoms with van der Waals surface area (Å²) in [6.45, 7) is 2.12. The van der Waals surface area contributed by atoms with E-state index < -0.39 is 0 Å². The predicted molar refractivity (Wildman–Crippen MR) is 83.8 cm³/mol. The van der Waals surface area contributed by atoms with Crippen molar-refractivity contribution in [2.24, 2.45) is 0 Å². The number of benzene rings is 2. The first kappa shape index (κ1) is 13.8. The van der Waals surface area contributed by atoms with Gasteiger partial charge >= 0.3 is 0 Å². The summed E-state index contributed by atoms with van der Waals surface area (Å²) in [7, 11) is 0. The summed E-state index contributed by atoms with van der Waals surface area (Å²) in [6.07, 6.45) is 0. The normalized spacial score (nSPS) is 12.3. The molecule has 1 heterocycles. The lowest BCUT2D eigenvalue weighted by Crippen LogP contribution is -2.14. The third-order valence-electron chi connectivity index (χ3n) is 3.16. The van der Waals surface area contributed by atoms with E-state index in [1.807, 2.05) is 19.1 Å². The van der Waals surface area contributed by atoms with Crippen LogP contribution >= 0.6 is 15.9 Å². The van der Waals surface area contributed by atoms with Crippen molar-refractivity contribution in [1.29, 1.82) is 0 Å². The molecule has 0 atom stereocenters. The maximum Gasteiger partial charge on any atom is 0.256 e. The number of halogens is 1. The topological polar surface area (TPSA) is 73.6 Å². The maximum atomic E-state index is 12.3. The average Bonchev–Trinajstić information content (AvgIpc) is 2.86. The number of hydrogen-bond donors (Lipinski definition) is 2. The van der Waals surface area contributed by atoms with Gasteiger partial charge in [0.25, 0.3) is 5.91 Å². The summed E-state index contributed by atoms with van der Waals surface area (Å²) in [6, 6.07) is 8.83. The number of nitrogens with two attached hydrogens (primary N) is 1. The Balaban J connectivity index is 1.88. The number of rotatable bonds is 2. The Labute approximate surface area is 130 Å². The van der Waals surface area contributed by atoms with E-state index in [0.29, 0.717) is 28.4 Å². The fraction of sp³-hybridized carbons (Fsp3) is 0.133. The third-order valence-corrected chi connectivity index (χ3v) is 3.82. The van der Waals surface area contributed by atoms with Crippen LogP contribution in [-0.4, -0.2) is 12.7 Å². The minimum Gasteiger partial charge on any atom is -0.454 e. The molecule has 0 aromatic heterocycles. The molecule has 3 rings (SSSR count). The highest BCUT2D eigenvalue weighted by atomic mass is 79.9. The van der Waals surface area contributed by atoms with Crippen LogP contribution in [0.25, 0.3) is 0 Å². The van der Waals surface area contributed by atoms with Crippen LogP contribution in [-0.2, 0) is 0 Å². The van der Waals surface area contributed by atoms with Crippen LogP contribution in [0, 0.1) is 6.92 Å². The van der Waals surface area contributed by atoms with Gasteiger partial charge in [-0.05, 0) is 40.5 Å². The van der Waals surface area contributed by atoms with E-state index >= 15 is 0 Å². The van der Waals surface area contributed by atoms with E-state index in [2.05, 4.69) is 21.2 Å². The van der Waals surface area contributed by atoms with E-state index in [1.165, 1.54) is 0 Å². The van der Waals surface area contributed by atoms with Gasteiger partial charge in [0.15, 0.2) is 11.5 Å². The standard InChI is InChI=1S/C15H13BrN2O3/c1-8-2-3-9(10(16)4-8)15(19)18-12-6-14-13(5-11(12)17)20-7-21-14/h2-6H,7,17H2,1H3,(H,18,19). The van der Waals surface area contributed by atoms with Crippen molar-refractivity contribution in [1.82, 2.24) is 0 Å². The Morgan fingerprint density at radius 3 is 2.67 bits per heavy atom. The van der Waals surface area contributed by atoms with E-state index in [4.69, 9.17) is 15.2 Å². The van der Waals surface area contributed by atoms with E-state index in [9.17, 15) is 4.79 Å². The van der Waals surface area contributed by atoms with Crippen LogP contribution in [0.1, 0.15) is 15.9 Å². The van der Waals surface area contributed by atoms with Gasteiger partial charge in [-0.3, -0.25) is 4.79 Å². The Morgan fingerprint density at radius 1 is 1.24 bits per heavy atom. The van der Waals surface area contributed by atoms with Gasteiger partial charge in [0.05, 0.1) is 16.9 Å². The molecule has 2 aromatic carbocycles. The number of nitrogens with one attached hydrogen (secondary N) is 1. The highest BCUT2D eigenvalue weighted by Crippen LogP contribution is 2.38. The van der Waals surface area contributed by atoms with Crippen LogP contribution in [0.2, 0.25) is 0 Å². The average molecular weight is 349 g/mol. The van der Waals surface area contributed by atoms with Crippen LogP contribution < -0.4 is 20.5 Å². The lowest BCUT2D eigenvalue weighted by Gasteiger charge is -2.10. The molecule has 2 aromatic rings. The van der Waals surface area contributed by atoms with Gasteiger partial charge < -0.3 is 20.5 Å². The van der Waals surface area contributed by atoms with Crippen molar-refractivity contribution >= 4 is 33.2 Å². The number of carbonyl (C=O) groups excluding carboxylic acids is 1. The lowest BCUT2D eigenvalue weighted by molar-refractivity contribution is 0.102. The second-order valence-corrected chi connectivity index (χ2v) is 5.58. The number of anilines is 2. The zero-order valence-electron chi connectivity index (χ0n) is 11.3. The first-order chi connectivity index (χ1) is 10.0. The smallest absolute Gasteiger partial charge is 0.256 e. The van der Waals surface area contributed by atoms with Gasteiger partial charge in [-0.15, -0.1) is 0 Å². The van der Waals surface area contributed by atoms with Crippen molar-refractivity contribution < 1.29 is 14.3 Å². The molecule has 3 N–H and O–H groups in total. The molecule has 0 fully saturated rings. The number of fused-ring (bicyclic) bond motifs is 1. The highest BCUT2D eigenvalue weighted by Gasteiger charge is 2.18. The van der Waals surface area contributed by atoms with Gasteiger partial charge in [-0.2, -0.15) is 0 Å². The molecule has 1 aliphatic heterocycles. The fourth-order valence-electron chi connectivity index (χ4n) is 2.06. The van der Waals surface area contributed by atoms with Gasteiger partial charge in [0.1, 0.15) is 0 Å². The van der Waals surface area contributed by atoms with Crippen molar-refractivity contribution in [3.05, 3.63) is 45.9 Å². The monoisotopic (exact) mass is 348 g/mol. The number of carbonyl (C=O) groups is 1. The van der Waals surface area contributed by atoms with E-state index in [-0.39, 0.29) is 12.7 Å². The molecule has 0 aliphatic carbocycles. The van der Waals surface area contributed by atoms with Crippen LogP contribution in [0.5, 0.6) is 11.5 Å². The second-order valence-electron chi connectivity index (χ2n) is 4.73. The highest BCUT2D eigenvalue weighted by molar-refractivity contribution is 9.10. The van der Waals surface area contributed by atoms with E-state index in [0.717, 1.165) is 10.0 Å². The molecule has 108 valence electrons. The molecule has 0 spiro atoms. The SMILES string of the molecule is Cc1ccc(C(=O)Nc2cc3c(cc2N)OCO3)c(Br)c1. The van der Waals surface area contributed by atoms with Gasteiger partial charge in [0.2, 0.25) is 6.79 Å². The quantitative estimate of drug-likeness (QED) is 0.816. The van der Waals surface area contributed by atoms with E-state index in [1.54, 1.807) is 18.2 Å². The van der Waals surface area contributed by atoms with Crippen molar-refractivity contribution in [2.45, 2.75) is 6.92 Å². The molecule has 6 heteroatoms. The molecular weight excluding hydrogens is 336 g/mol. The molecule has 0 bridgehead atoms. The molecular formula is C15H13BrN2O3. The molecule has 1 aliphatic rings. The molecule has 0 saturated heterocycles. The summed E-state index contributed by atoms with van der Waals surface area (Å²) >= 11 is 3.39. The Morgan fingerprint density at radius 2 is 1.95 bits per heavy atom. The van der Waals surface area contributed by atoms with Crippen LogP contribution in [0.3, 0.4) is 0 Å². The van der Waals surface area contributed by atoms with Gasteiger partial charge in [0, 0.05) is 16.6 Å². The van der Waals surface area contributed by atoms with Crippen molar-refractivity contribution in [3.63, 3.8) is 0 Å². The summed E-state index contributed by atoms with van der Waals surface area (Å²) in [4.78, 5) is 12.3. The van der Waals surface area contributed by atoms with Crippen LogP contribution in [0.15, 0.2) is 34.8 Å². The number of ether oxygens (including phenoxy) is 2. The first-order valence-electron chi connectivity index (χ1n) is 6.31. The summed E-state index contributed by atoms with van der Waals surface area (Å²) in [5, 5.41) is 2.79. The Hall–Kier alpha value is -2.21. The fourth-order valence-corrected chi connectivity index (χ4v) is 2.73. The number of amides is 1. The Kier molecular flexibility index (Phi) is 3.47. The summed E-state index contributed by atoms with van der Waals surface area (Å²) < 4.78 is 11.3.